The van der Waals surface area contributed by atoms with Gasteiger partial charge < -0.3 is 25.0 Å². The first-order valence-electron chi connectivity index (χ1n) is 23.1. The van der Waals surface area contributed by atoms with E-state index in [1.165, 1.54) is 23.4 Å². The van der Waals surface area contributed by atoms with Gasteiger partial charge in [0.1, 0.15) is 22.0 Å². The Hall–Kier alpha value is -5.63. The summed E-state index contributed by atoms with van der Waals surface area (Å²) in [7, 11) is -7.32. The van der Waals surface area contributed by atoms with Crippen molar-refractivity contribution in [2.24, 2.45) is 11.3 Å². The number of pyridine rings is 2. The lowest BCUT2D eigenvalue weighted by atomic mass is 9.59. The molecule has 5 heterocycles. The van der Waals surface area contributed by atoms with E-state index >= 15 is 0 Å². The molecule has 2 atom stereocenters. The highest BCUT2D eigenvalue weighted by Crippen LogP contribution is 2.53. The second-order valence-corrected chi connectivity index (χ2v) is 23.7. The van der Waals surface area contributed by atoms with Gasteiger partial charge in [0.15, 0.2) is 0 Å². The number of fused-ring (bicyclic) bond motifs is 1. The normalized spacial score (nSPS) is 24.6. The third-order valence-electron chi connectivity index (χ3n) is 14.6. The molecule has 356 valence electrons. The average molecular weight is 954 g/mol. The quantitative estimate of drug-likeness (QED) is 0.0555. The van der Waals surface area contributed by atoms with Crippen LogP contribution in [-0.4, -0.2) is 97.7 Å². The lowest BCUT2D eigenvalue weighted by Crippen LogP contribution is -2.58. The van der Waals surface area contributed by atoms with Crippen LogP contribution >= 0.6 is 0 Å². The second kappa shape index (κ2) is 18.1. The number of carbonyl (C=O) groups excluding carboxylic acids is 1. The van der Waals surface area contributed by atoms with Crippen LogP contribution in [0.15, 0.2) is 84.1 Å². The molecule has 2 aliphatic carbocycles. The first-order valence-corrected chi connectivity index (χ1v) is 26.5. The van der Waals surface area contributed by atoms with Gasteiger partial charge >= 0.3 is 5.69 Å². The summed E-state index contributed by atoms with van der Waals surface area (Å²) < 4.78 is 57.6. The molecule has 17 nitrogen and oxygen atoms in total. The summed E-state index contributed by atoms with van der Waals surface area (Å²) >= 11 is 0. The van der Waals surface area contributed by atoms with Crippen molar-refractivity contribution in [3.63, 3.8) is 0 Å². The van der Waals surface area contributed by atoms with Crippen molar-refractivity contribution >= 4 is 53.9 Å². The molecule has 1 unspecified atom stereocenters. The number of benzene rings is 2. The van der Waals surface area contributed by atoms with Gasteiger partial charge in [-0.05, 0) is 111 Å². The van der Waals surface area contributed by atoms with Crippen molar-refractivity contribution in [1.82, 2.24) is 24.6 Å². The Morgan fingerprint density at radius 3 is 2.52 bits per heavy atom. The summed E-state index contributed by atoms with van der Waals surface area (Å²) in [5, 5.41) is 26.2. The SMILES string of the molecule is CC(C)c1ccccc1[C@H]1CS(=N)(=O)CCN1C1CC2(CCN(c3ccc(C(=O)NS(=O)(=O)c4cnc(NCC5CCC(C)(O)CC5)c([N+](=O)[O-])c4)c(Oc4cnc5[nH]ccc5c4)c3)CC2)C1. The minimum Gasteiger partial charge on any atom is -0.455 e. The number of aliphatic hydroxyl groups is 1. The Balaban J connectivity index is 0.903. The van der Waals surface area contributed by atoms with Gasteiger partial charge in [0, 0.05) is 83.1 Å². The minimum atomic E-state index is -4.66. The number of sulfonamides is 1. The topological polar surface area (TPSA) is 237 Å². The smallest absolute Gasteiger partial charge is 0.312 e. The third kappa shape index (κ3) is 10.0. The van der Waals surface area contributed by atoms with Crippen LogP contribution < -0.4 is 19.7 Å². The van der Waals surface area contributed by atoms with Crippen LogP contribution in [0.25, 0.3) is 11.0 Å². The van der Waals surface area contributed by atoms with E-state index in [-0.39, 0.29) is 34.5 Å². The molecule has 3 aromatic heterocycles. The zero-order chi connectivity index (χ0) is 47.3. The van der Waals surface area contributed by atoms with Gasteiger partial charge in [-0.1, -0.05) is 38.1 Å². The molecule has 0 bridgehead atoms. The maximum atomic E-state index is 14.0. The van der Waals surface area contributed by atoms with Gasteiger partial charge in [-0.25, -0.2) is 27.3 Å². The predicted molar refractivity (Wildman–Crippen MR) is 257 cm³/mol. The number of rotatable bonds is 13. The molecule has 2 saturated carbocycles. The van der Waals surface area contributed by atoms with Crippen molar-refractivity contribution in [3.8, 4) is 11.5 Å². The Kier molecular flexibility index (Phi) is 12.6. The van der Waals surface area contributed by atoms with Gasteiger partial charge in [0.2, 0.25) is 5.82 Å². The van der Waals surface area contributed by atoms with Crippen LogP contribution in [0.1, 0.15) is 106 Å². The lowest BCUT2D eigenvalue weighted by Gasteiger charge is -2.57. The maximum Gasteiger partial charge on any atom is 0.312 e. The molecule has 67 heavy (non-hydrogen) atoms. The van der Waals surface area contributed by atoms with Crippen LogP contribution in [0.5, 0.6) is 11.5 Å². The largest absolute Gasteiger partial charge is 0.455 e. The fraction of sp³-hybridized carbons (Fsp3) is 0.479. The number of nitrogens with one attached hydrogen (secondary N) is 4. The fourth-order valence-corrected chi connectivity index (χ4v) is 13.1. The van der Waals surface area contributed by atoms with Gasteiger partial charge in [-0.2, -0.15) is 0 Å². The molecular weight excluding hydrogens is 895 g/mol. The molecule has 2 aliphatic heterocycles. The predicted octanol–water partition coefficient (Wildman–Crippen LogP) is 8.11. The number of carbonyl (C=O) groups is 1. The van der Waals surface area contributed by atoms with E-state index in [1.807, 2.05) is 12.1 Å². The van der Waals surface area contributed by atoms with Crippen molar-refractivity contribution in [1.29, 1.82) is 4.78 Å². The molecule has 4 fully saturated rings. The molecule has 0 radical (unpaired) electrons. The van der Waals surface area contributed by atoms with Gasteiger partial charge in [0.25, 0.3) is 15.9 Å². The van der Waals surface area contributed by atoms with Crippen LogP contribution in [0.4, 0.5) is 17.2 Å². The van der Waals surface area contributed by atoms with Gasteiger partial charge in [-0.3, -0.25) is 24.6 Å². The Morgan fingerprint density at radius 1 is 1.04 bits per heavy atom. The van der Waals surface area contributed by atoms with Crippen LogP contribution in [-0.2, 0) is 19.8 Å². The summed E-state index contributed by atoms with van der Waals surface area (Å²) in [4.78, 5) is 41.2. The van der Waals surface area contributed by atoms with E-state index in [9.17, 15) is 32.6 Å². The molecule has 5 aromatic rings. The highest BCUT2D eigenvalue weighted by Gasteiger charge is 2.50. The molecule has 9 rings (SSSR count). The number of nitrogens with zero attached hydrogens (tertiary/aromatic N) is 5. The van der Waals surface area contributed by atoms with Crippen molar-refractivity contribution in [3.05, 3.63) is 106 Å². The molecule has 1 amide bonds. The zero-order valence-electron chi connectivity index (χ0n) is 38.1. The Labute approximate surface area is 391 Å². The van der Waals surface area contributed by atoms with Crippen molar-refractivity contribution < 1.29 is 32.2 Å². The zero-order valence-corrected chi connectivity index (χ0v) is 39.7. The second-order valence-electron chi connectivity index (χ2n) is 19.7. The maximum absolute atomic E-state index is 14.0. The minimum absolute atomic E-state index is 0.0484. The van der Waals surface area contributed by atoms with Gasteiger partial charge in [-0.15, -0.1) is 0 Å². The number of aromatic amines is 1. The molecular formula is C48H59N9O8S2. The standard InChI is InChI=1S/C48H59N9O8S2/c1-31(2)38-6-4-5-7-39(38)42-30-66(49,62)21-20-56(42)35-25-48(26-35)15-18-55(19-16-48)34-8-9-40(43(23-34)65-36-22-33-12-17-50-44(33)52-28-36)46(58)54-67(63,64)37-24-41(57(60)61)45(53-29-37)51-27-32-10-13-47(3,59)14-11-32/h4-9,12,17,22-24,28-29,31-32,35,42,49,59H,10-11,13-16,18-21,25-27,30H2,1-3H3,(H,50,52)(H,51,53)(H,54,58)/t32?,42-,47?,66?/m1/s1. The number of hydrogen-bond donors (Lipinski definition) is 5. The van der Waals surface area contributed by atoms with E-state index in [0.717, 1.165) is 75.0 Å². The number of aromatic nitrogens is 3. The Bertz CT molecular complexity index is 2900. The average Bonchev–Trinajstić information content (AvgIpc) is 3.76. The van der Waals surface area contributed by atoms with E-state index < -0.39 is 46.8 Å². The number of amides is 1. The van der Waals surface area contributed by atoms with Crippen LogP contribution in [0.2, 0.25) is 0 Å². The summed E-state index contributed by atoms with van der Waals surface area (Å²) in [6.07, 6.45) is 10.9. The molecule has 5 N–H and O–H groups in total. The molecule has 4 aliphatic rings. The highest BCUT2D eigenvalue weighted by molar-refractivity contribution is 7.92. The number of H-pyrrole nitrogens is 1. The number of hydrogen-bond acceptors (Lipinski definition) is 14. The molecule has 2 aromatic carbocycles. The number of ether oxygens (including phenoxy) is 1. The molecule has 19 heteroatoms. The van der Waals surface area contributed by atoms with Crippen LogP contribution in [0, 0.1) is 26.2 Å². The fourth-order valence-electron chi connectivity index (χ4n) is 10.6. The monoisotopic (exact) mass is 953 g/mol. The van der Waals surface area contributed by atoms with E-state index in [1.54, 1.807) is 31.3 Å². The van der Waals surface area contributed by atoms with Crippen molar-refractivity contribution in [2.45, 2.75) is 101 Å². The Morgan fingerprint density at radius 2 is 1.79 bits per heavy atom. The summed E-state index contributed by atoms with van der Waals surface area (Å²) in [6.45, 7) is 8.67. The van der Waals surface area contributed by atoms with E-state index in [0.29, 0.717) is 60.8 Å². The van der Waals surface area contributed by atoms with E-state index in [4.69, 9.17) is 9.52 Å². The van der Waals surface area contributed by atoms with Gasteiger partial charge in [0.05, 0.1) is 34.2 Å². The number of nitro groups is 1. The van der Waals surface area contributed by atoms with Crippen LogP contribution in [0.3, 0.4) is 0 Å². The third-order valence-corrected chi connectivity index (χ3v) is 17.6. The van der Waals surface area contributed by atoms with E-state index in [2.05, 4.69) is 66.8 Å². The molecule has 2 saturated heterocycles. The first kappa shape index (κ1) is 46.5. The summed E-state index contributed by atoms with van der Waals surface area (Å²) in [5.41, 5.74) is 2.68. The van der Waals surface area contributed by atoms with Crippen molar-refractivity contribution in [2.75, 3.05) is 47.9 Å². The summed E-state index contributed by atoms with van der Waals surface area (Å²) in [5.74, 6) is 0.552. The number of anilines is 2. The summed E-state index contributed by atoms with van der Waals surface area (Å²) in [6, 6.07) is 18.2. The molecule has 1 spiro atoms. The highest BCUT2D eigenvalue weighted by atomic mass is 32.2. The first-order chi connectivity index (χ1) is 31.9. The lowest BCUT2D eigenvalue weighted by molar-refractivity contribution is -0.384. The number of piperidine rings is 1.